The SMILES string of the molecule is CC(C)c1ccc(C(O)c2ccc3c(c2)OCCO3)cc1. The number of hydrogen-bond donors (Lipinski definition) is 1. The first-order valence-corrected chi connectivity index (χ1v) is 7.32. The van der Waals surface area contributed by atoms with Crippen LogP contribution in [0.5, 0.6) is 11.5 Å². The molecule has 0 aliphatic carbocycles. The number of rotatable bonds is 3. The van der Waals surface area contributed by atoms with Crippen molar-refractivity contribution in [2.75, 3.05) is 13.2 Å². The molecule has 0 spiro atoms. The van der Waals surface area contributed by atoms with Gasteiger partial charge < -0.3 is 14.6 Å². The summed E-state index contributed by atoms with van der Waals surface area (Å²) in [5, 5.41) is 10.5. The van der Waals surface area contributed by atoms with Gasteiger partial charge in [-0.1, -0.05) is 44.2 Å². The molecule has 1 aliphatic rings. The molecule has 1 atom stereocenters. The van der Waals surface area contributed by atoms with Crippen LogP contribution in [0.25, 0.3) is 0 Å². The summed E-state index contributed by atoms with van der Waals surface area (Å²) in [5.74, 6) is 1.94. The van der Waals surface area contributed by atoms with Gasteiger partial charge in [-0.15, -0.1) is 0 Å². The lowest BCUT2D eigenvalue weighted by Gasteiger charge is -2.20. The van der Waals surface area contributed by atoms with E-state index in [1.54, 1.807) is 0 Å². The Morgan fingerprint density at radius 1 is 0.810 bits per heavy atom. The van der Waals surface area contributed by atoms with Gasteiger partial charge >= 0.3 is 0 Å². The van der Waals surface area contributed by atoms with E-state index in [-0.39, 0.29) is 0 Å². The van der Waals surface area contributed by atoms with Gasteiger partial charge in [0.2, 0.25) is 0 Å². The molecule has 0 bridgehead atoms. The number of aliphatic hydroxyl groups is 1. The number of aliphatic hydroxyl groups excluding tert-OH is 1. The molecule has 1 heterocycles. The van der Waals surface area contributed by atoms with E-state index in [0.717, 1.165) is 16.9 Å². The Morgan fingerprint density at radius 3 is 2.05 bits per heavy atom. The van der Waals surface area contributed by atoms with Crippen LogP contribution in [0, 0.1) is 0 Å². The van der Waals surface area contributed by atoms with E-state index in [0.29, 0.717) is 24.9 Å². The zero-order valence-corrected chi connectivity index (χ0v) is 12.4. The van der Waals surface area contributed by atoms with E-state index in [2.05, 4.69) is 26.0 Å². The summed E-state index contributed by atoms with van der Waals surface area (Å²) in [6.07, 6.45) is -0.651. The summed E-state index contributed by atoms with van der Waals surface area (Å²) < 4.78 is 11.1. The van der Waals surface area contributed by atoms with Crippen LogP contribution >= 0.6 is 0 Å². The van der Waals surface area contributed by atoms with Gasteiger partial charge in [-0.3, -0.25) is 0 Å². The summed E-state index contributed by atoms with van der Waals surface area (Å²) in [7, 11) is 0. The Balaban J connectivity index is 1.85. The molecule has 0 amide bonds. The minimum absolute atomic E-state index is 0.491. The predicted octanol–water partition coefficient (Wildman–Crippen LogP) is 3.66. The molecule has 0 radical (unpaired) electrons. The first kappa shape index (κ1) is 14.0. The third kappa shape index (κ3) is 2.88. The molecule has 1 N–H and O–H groups in total. The molecule has 3 rings (SSSR count). The van der Waals surface area contributed by atoms with Crippen molar-refractivity contribution in [1.82, 2.24) is 0 Å². The van der Waals surface area contributed by atoms with Gasteiger partial charge in [0.1, 0.15) is 19.3 Å². The Labute approximate surface area is 125 Å². The molecular weight excluding hydrogens is 264 g/mol. The molecule has 3 heteroatoms. The van der Waals surface area contributed by atoms with Gasteiger partial charge in [-0.2, -0.15) is 0 Å². The van der Waals surface area contributed by atoms with Gasteiger partial charge in [0.15, 0.2) is 11.5 Å². The van der Waals surface area contributed by atoms with E-state index >= 15 is 0 Å². The fourth-order valence-electron chi connectivity index (χ4n) is 2.49. The standard InChI is InChI=1S/C18H20O3/c1-12(2)13-3-5-14(6-4-13)18(19)15-7-8-16-17(11-15)21-10-9-20-16/h3-8,11-12,18-19H,9-10H2,1-2H3. The van der Waals surface area contributed by atoms with E-state index in [1.807, 2.05) is 30.3 Å². The van der Waals surface area contributed by atoms with Crippen molar-refractivity contribution >= 4 is 0 Å². The van der Waals surface area contributed by atoms with Crippen molar-refractivity contribution in [2.45, 2.75) is 25.9 Å². The number of hydrogen-bond acceptors (Lipinski definition) is 3. The smallest absolute Gasteiger partial charge is 0.161 e. The minimum Gasteiger partial charge on any atom is -0.486 e. The molecule has 0 saturated heterocycles. The quantitative estimate of drug-likeness (QED) is 0.934. The Bertz CT molecular complexity index is 617. The van der Waals surface area contributed by atoms with Crippen molar-refractivity contribution < 1.29 is 14.6 Å². The molecule has 0 aromatic heterocycles. The van der Waals surface area contributed by atoms with E-state index in [4.69, 9.17) is 9.47 Å². The average molecular weight is 284 g/mol. The van der Waals surface area contributed by atoms with Crippen molar-refractivity contribution in [2.24, 2.45) is 0 Å². The molecule has 1 aliphatic heterocycles. The van der Waals surface area contributed by atoms with Crippen LogP contribution < -0.4 is 9.47 Å². The molecule has 21 heavy (non-hydrogen) atoms. The maximum Gasteiger partial charge on any atom is 0.161 e. The first-order chi connectivity index (χ1) is 10.1. The maximum atomic E-state index is 10.5. The summed E-state index contributed by atoms with van der Waals surface area (Å²) in [5.41, 5.74) is 2.97. The van der Waals surface area contributed by atoms with Crippen molar-refractivity contribution in [3.8, 4) is 11.5 Å². The fourth-order valence-corrected chi connectivity index (χ4v) is 2.49. The molecule has 2 aromatic rings. The molecule has 0 saturated carbocycles. The van der Waals surface area contributed by atoms with Crippen LogP contribution in [0.1, 0.15) is 42.6 Å². The zero-order chi connectivity index (χ0) is 14.8. The summed E-state index contributed by atoms with van der Waals surface area (Å²) >= 11 is 0. The number of fused-ring (bicyclic) bond motifs is 1. The first-order valence-electron chi connectivity index (χ1n) is 7.32. The van der Waals surface area contributed by atoms with Gasteiger partial charge in [-0.05, 0) is 34.7 Å². The van der Waals surface area contributed by atoms with Crippen molar-refractivity contribution in [3.05, 3.63) is 59.2 Å². The van der Waals surface area contributed by atoms with Crippen LogP contribution in [-0.2, 0) is 0 Å². The van der Waals surface area contributed by atoms with Crippen molar-refractivity contribution in [3.63, 3.8) is 0 Å². The van der Waals surface area contributed by atoms with Crippen LogP contribution in [0.2, 0.25) is 0 Å². The minimum atomic E-state index is -0.651. The predicted molar refractivity (Wildman–Crippen MR) is 82.0 cm³/mol. The highest BCUT2D eigenvalue weighted by molar-refractivity contribution is 5.46. The highest BCUT2D eigenvalue weighted by Gasteiger charge is 2.16. The lowest BCUT2D eigenvalue weighted by Crippen LogP contribution is -2.15. The highest BCUT2D eigenvalue weighted by Crippen LogP contribution is 2.34. The maximum absolute atomic E-state index is 10.5. The normalized spacial score (nSPS) is 15.0. The second-order valence-electron chi connectivity index (χ2n) is 5.63. The lowest BCUT2D eigenvalue weighted by atomic mass is 9.97. The van der Waals surface area contributed by atoms with Gasteiger partial charge in [0.25, 0.3) is 0 Å². The van der Waals surface area contributed by atoms with Crippen LogP contribution in [0.4, 0.5) is 0 Å². The third-order valence-electron chi connectivity index (χ3n) is 3.80. The molecule has 1 unspecified atom stereocenters. The largest absolute Gasteiger partial charge is 0.486 e. The molecule has 0 fully saturated rings. The monoisotopic (exact) mass is 284 g/mol. The second-order valence-corrected chi connectivity index (χ2v) is 5.63. The summed E-state index contributed by atoms with van der Waals surface area (Å²) in [6, 6.07) is 13.7. The molecule has 3 nitrogen and oxygen atoms in total. The Morgan fingerprint density at radius 2 is 1.38 bits per heavy atom. The van der Waals surface area contributed by atoms with Gasteiger partial charge in [0, 0.05) is 0 Å². The van der Waals surface area contributed by atoms with Crippen molar-refractivity contribution in [1.29, 1.82) is 0 Å². The van der Waals surface area contributed by atoms with Crippen LogP contribution in [0.3, 0.4) is 0 Å². The Kier molecular flexibility index (Phi) is 3.84. The number of benzene rings is 2. The van der Waals surface area contributed by atoms with Crippen LogP contribution in [0.15, 0.2) is 42.5 Å². The average Bonchev–Trinajstić information content (AvgIpc) is 2.54. The topological polar surface area (TPSA) is 38.7 Å². The van der Waals surface area contributed by atoms with Gasteiger partial charge in [0.05, 0.1) is 0 Å². The second kappa shape index (κ2) is 5.78. The lowest BCUT2D eigenvalue weighted by molar-refractivity contribution is 0.169. The third-order valence-corrected chi connectivity index (χ3v) is 3.80. The van der Waals surface area contributed by atoms with Crippen LogP contribution in [-0.4, -0.2) is 18.3 Å². The summed E-state index contributed by atoms with van der Waals surface area (Å²) in [6.45, 7) is 5.44. The van der Waals surface area contributed by atoms with E-state index in [9.17, 15) is 5.11 Å². The van der Waals surface area contributed by atoms with E-state index in [1.165, 1.54) is 5.56 Å². The molecule has 110 valence electrons. The fraction of sp³-hybridized carbons (Fsp3) is 0.333. The zero-order valence-electron chi connectivity index (χ0n) is 12.4. The number of ether oxygens (including phenoxy) is 2. The highest BCUT2D eigenvalue weighted by atomic mass is 16.6. The Hall–Kier alpha value is -2.00. The molecular formula is C18H20O3. The van der Waals surface area contributed by atoms with Gasteiger partial charge in [-0.25, -0.2) is 0 Å². The molecule has 2 aromatic carbocycles. The van der Waals surface area contributed by atoms with E-state index < -0.39 is 6.10 Å². The summed E-state index contributed by atoms with van der Waals surface area (Å²) in [4.78, 5) is 0.